The monoisotopic (exact) mass is 210 g/mol. The largest absolute Gasteiger partial charge is 0.476 e. The van der Waals surface area contributed by atoms with E-state index in [0.717, 1.165) is 17.6 Å². The van der Waals surface area contributed by atoms with Gasteiger partial charge in [-0.05, 0) is 37.1 Å². The third-order valence-corrected chi connectivity index (χ3v) is 2.87. The van der Waals surface area contributed by atoms with Gasteiger partial charge in [0.2, 0.25) is 5.88 Å². The van der Waals surface area contributed by atoms with Gasteiger partial charge >= 0.3 is 0 Å². The quantitative estimate of drug-likeness (QED) is 0.774. The van der Waals surface area contributed by atoms with Crippen LogP contribution in [-0.2, 0) is 0 Å². The van der Waals surface area contributed by atoms with Crippen LogP contribution in [0.5, 0.6) is 5.88 Å². The fourth-order valence-electron chi connectivity index (χ4n) is 1.14. The van der Waals surface area contributed by atoms with E-state index >= 15 is 0 Å². The summed E-state index contributed by atoms with van der Waals surface area (Å²) in [6, 6.07) is 3.76. The lowest BCUT2D eigenvalue weighted by atomic mass is 10.4. The fourth-order valence-corrected chi connectivity index (χ4v) is 1.52. The van der Waals surface area contributed by atoms with Crippen molar-refractivity contribution in [1.29, 1.82) is 0 Å². The molecular weight excluding hydrogens is 196 g/mol. The molecule has 0 atom stereocenters. The highest BCUT2D eigenvalue weighted by atomic mass is 32.2. The van der Waals surface area contributed by atoms with E-state index in [9.17, 15) is 0 Å². The van der Waals surface area contributed by atoms with Gasteiger partial charge in [0.05, 0.1) is 17.3 Å². The molecule has 0 aliphatic heterocycles. The first-order valence-corrected chi connectivity index (χ1v) is 5.95. The minimum atomic E-state index is 0.587. The third-order valence-electron chi connectivity index (χ3n) is 2.23. The number of pyridine rings is 1. The van der Waals surface area contributed by atoms with Gasteiger partial charge in [-0.2, -0.15) is 0 Å². The molecule has 1 aromatic heterocycles. The number of rotatable bonds is 4. The minimum Gasteiger partial charge on any atom is -0.476 e. The Morgan fingerprint density at radius 2 is 2.36 bits per heavy atom. The number of nitrogen functional groups attached to an aromatic ring is 1. The number of nitrogens with zero attached hydrogens (tertiary/aromatic N) is 1. The second kappa shape index (κ2) is 4.09. The molecule has 0 radical (unpaired) electrons. The molecule has 1 aromatic rings. The van der Waals surface area contributed by atoms with Crippen molar-refractivity contribution in [2.75, 3.05) is 18.6 Å². The van der Waals surface area contributed by atoms with Crippen molar-refractivity contribution in [3.05, 3.63) is 12.1 Å². The topological polar surface area (TPSA) is 48.1 Å². The minimum absolute atomic E-state index is 0.587. The molecule has 0 spiro atoms. The SMILES string of the molecule is CSc1ccc(N)c(OCC2CC2)n1. The lowest BCUT2D eigenvalue weighted by Crippen LogP contribution is -2.03. The molecule has 76 valence electrons. The lowest BCUT2D eigenvalue weighted by Gasteiger charge is -2.07. The van der Waals surface area contributed by atoms with E-state index in [4.69, 9.17) is 10.5 Å². The molecule has 0 aromatic carbocycles. The van der Waals surface area contributed by atoms with E-state index in [1.165, 1.54) is 12.8 Å². The first-order chi connectivity index (χ1) is 6.79. The van der Waals surface area contributed by atoms with Gasteiger partial charge in [0.1, 0.15) is 0 Å². The predicted molar refractivity (Wildman–Crippen MR) is 58.6 cm³/mol. The predicted octanol–water partition coefficient (Wildman–Crippen LogP) is 2.17. The van der Waals surface area contributed by atoms with Crippen molar-refractivity contribution in [3.8, 4) is 5.88 Å². The molecule has 1 heterocycles. The summed E-state index contributed by atoms with van der Waals surface area (Å²) in [5.41, 5.74) is 6.38. The van der Waals surface area contributed by atoms with Crippen LogP contribution in [0.1, 0.15) is 12.8 Å². The summed E-state index contributed by atoms with van der Waals surface area (Å²) in [4.78, 5) is 4.31. The molecule has 1 saturated carbocycles. The van der Waals surface area contributed by atoms with E-state index in [1.807, 2.05) is 18.4 Å². The maximum atomic E-state index is 5.75. The molecule has 1 aliphatic carbocycles. The average molecular weight is 210 g/mol. The smallest absolute Gasteiger partial charge is 0.238 e. The molecule has 0 bridgehead atoms. The van der Waals surface area contributed by atoms with Crippen LogP contribution in [0.2, 0.25) is 0 Å². The Kier molecular flexibility index (Phi) is 2.82. The van der Waals surface area contributed by atoms with Crippen LogP contribution in [0.3, 0.4) is 0 Å². The van der Waals surface area contributed by atoms with Crippen LogP contribution in [-0.4, -0.2) is 17.8 Å². The summed E-state index contributed by atoms with van der Waals surface area (Å²) < 4.78 is 5.55. The van der Waals surface area contributed by atoms with Gasteiger partial charge in [0, 0.05) is 0 Å². The van der Waals surface area contributed by atoms with E-state index in [1.54, 1.807) is 11.8 Å². The average Bonchev–Trinajstić information content (AvgIpc) is 3.00. The Morgan fingerprint density at radius 3 is 3.00 bits per heavy atom. The Bertz CT molecular complexity index is 326. The standard InChI is InChI=1S/C10H14N2OS/c1-14-9-5-4-8(11)10(12-9)13-6-7-2-3-7/h4-5,7H,2-3,6,11H2,1H3. The van der Waals surface area contributed by atoms with Crippen molar-refractivity contribution in [1.82, 2.24) is 4.98 Å². The third kappa shape index (κ3) is 2.32. The molecule has 1 fully saturated rings. The second-order valence-corrected chi connectivity index (χ2v) is 4.33. The molecule has 0 unspecified atom stereocenters. The maximum Gasteiger partial charge on any atom is 0.238 e. The molecule has 2 N–H and O–H groups in total. The van der Waals surface area contributed by atoms with Gasteiger partial charge < -0.3 is 10.5 Å². The van der Waals surface area contributed by atoms with Gasteiger partial charge in [-0.25, -0.2) is 4.98 Å². The highest BCUT2D eigenvalue weighted by molar-refractivity contribution is 7.98. The Balaban J connectivity index is 2.04. The fraction of sp³-hybridized carbons (Fsp3) is 0.500. The Morgan fingerprint density at radius 1 is 1.57 bits per heavy atom. The first-order valence-electron chi connectivity index (χ1n) is 4.73. The summed E-state index contributed by atoms with van der Waals surface area (Å²) in [6.45, 7) is 0.759. The number of anilines is 1. The molecule has 14 heavy (non-hydrogen) atoms. The van der Waals surface area contributed by atoms with E-state index < -0.39 is 0 Å². The number of thioether (sulfide) groups is 1. The highest BCUT2D eigenvalue weighted by Gasteiger charge is 2.22. The number of ether oxygens (including phenoxy) is 1. The van der Waals surface area contributed by atoms with Crippen LogP contribution in [0.4, 0.5) is 5.69 Å². The summed E-state index contributed by atoms with van der Waals surface area (Å²) >= 11 is 1.59. The Labute approximate surface area is 88.0 Å². The van der Waals surface area contributed by atoms with Crippen LogP contribution < -0.4 is 10.5 Å². The normalized spacial score (nSPS) is 15.5. The zero-order valence-electron chi connectivity index (χ0n) is 8.19. The van der Waals surface area contributed by atoms with E-state index in [-0.39, 0.29) is 0 Å². The summed E-state index contributed by atoms with van der Waals surface area (Å²) in [7, 11) is 0. The molecule has 2 rings (SSSR count). The van der Waals surface area contributed by atoms with Gasteiger partial charge in [0.15, 0.2) is 0 Å². The van der Waals surface area contributed by atoms with Crippen molar-refractivity contribution in [2.24, 2.45) is 5.92 Å². The molecule has 0 amide bonds. The zero-order valence-corrected chi connectivity index (χ0v) is 9.01. The number of nitrogens with two attached hydrogens (primary N) is 1. The van der Waals surface area contributed by atoms with Gasteiger partial charge in [-0.1, -0.05) is 0 Å². The van der Waals surface area contributed by atoms with Gasteiger partial charge in [-0.3, -0.25) is 0 Å². The van der Waals surface area contributed by atoms with Crippen LogP contribution in [0.15, 0.2) is 17.2 Å². The lowest BCUT2D eigenvalue weighted by molar-refractivity contribution is 0.288. The molecular formula is C10H14N2OS. The van der Waals surface area contributed by atoms with E-state index in [2.05, 4.69) is 4.98 Å². The van der Waals surface area contributed by atoms with Crippen molar-refractivity contribution in [2.45, 2.75) is 17.9 Å². The highest BCUT2D eigenvalue weighted by Crippen LogP contribution is 2.30. The van der Waals surface area contributed by atoms with Crippen LogP contribution in [0.25, 0.3) is 0 Å². The molecule has 3 nitrogen and oxygen atoms in total. The second-order valence-electron chi connectivity index (χ2n) is 3.50. The van der Waals surface area contributed by atoms with Crippen molar-refractivity contribution in [3.63, 3.8) is 0 Å². The first kappa shape index (κ1) is 9.65. The van der Waals surface area contributed by atoms with Gasteiger partial charge in [-0.15, -0.1) is 11.8 Å². The van der Waals surface area contributed by atoms with Crippen LogP contribution in [0, 0.1) is 5.92 Å². The zero-order chi connectivity index (χ0) is 9.97. The molecule has 4 heteroatoms. The molecule has 0 saturated heterocycles. The Hall–Kier alpha value is -0.900. The number of hydrogen-bond acceptors (Lipinski definition) is 4. The number of hydrogen-bond donors (Lipinski definition) is 1. The summed E-state index contributed by atoms with van der Waals surface area (Å²) in [5.74, 6) is 1.32. The molecule has 1 aliphatic rings. The van der Waals surface area contributed by atoms with Crippen molar-refractivity contribution < 1.29 is 4.74 Å². The van der Waals surface area contributed by atoms with Gasteiger partial charge in [0.25, 0.3) is 0 Å². The van der Waals surface area contributed by atoms with E-state index in [0.29, 0.717) is 11.6 Å². The van der Waals surface area contributed by atoms with Crippen molar-refractivity contribution >= 4 is 17.4 Å². The maximum absolute atomic E-state index is 5.75. The summed E-state index contributed by atoms with van der Waals surface area (Å²) in [5, 5.41) is 0.949. The number of aromatic nitrogens is 1. The summed E-state index contributed by atoms with van der Waals surface area (Å²) in [6.07, 6.45) is 4.55. The van der Waals surface area contributed by atoms with Crippen LogP contribution >= 0.6 is 11.8 Å².